The summed E-state index contributed by atoms with van der Waals surface area (Å²) in [5.41, 5.74) is 30.2. The number of hydrogen-bond donors (Lipinski definition) is 0. The second-order valence-electron chi connectivity index (χ2n) is 25.4. The van der Waals surface area contributed by atoms with Crippen molar-refractivity contribution < 1.29 is 0 Å². The van der Waals surface area contributed by atoms with E-state index >= 15 is 0 Å². The van der Waals surface area contributed by atoms with Crippen LogP contribution in [0.5, 0.6) is 0 Å². The van der Waals surface area contributed by atoms with Gasteiger partial charge in [-0.1, -0.05) is 362 Å². The molecule has 0 fully saturated rings. The Hall–Kier alpha value is -12.6. The Balaban J connectivity index is 0.619. The highest BCUT2D eigenvalue weighted by atomic mass is 15.1. The zero-order chi connectivity index (χ0) is 68.2. The van der Waals surface area contributed by atoms with E-state index in [-0.39, 0.29) is 0 Å². The van der Waals surface area contributed by atoms with Gasteiger partial charge in [0, 0.05) is 34.1 Å². The fourth-order valence-corrected chi connectivity index (χ4v) is 12.1. The van der Waals surface area contributed by atoms with E-state index in [0.717, 1.165) is 89.8 Å². The van der Waals surface area contributed by atoms with Crippen LogP contribution in [0.4, 0.5) is 34.1 Å². The first-order chi connectivity index (χ1) is 49.1. The minimum absolute atomic E-state index is 1.09. The normalized spacial score (nSPS) is 12.1. The maximum Gasteiger partial charge on any atom is 0.0462 e. The monoisotopic (exact) mass is 1280 g/mol. The van der Waals surface area contributed by atoms with Gasteiger partial charge in [-0.2, -0.15) is 0 Å². The molecule has 0 aliphatic carbocycles. The van der Waals surface area contributed by atoms with Crippen LogP contribution in [0.3, 0.4) is 0 Å². The minimum Gasteiger partial charge on any atom is -0.311 e. The molecule has 2 heteroatoms. The van der Waals surface area contributed by atoms with Crippen molar-refractivity contribution in [2.75, 3.05) is 9.80 Å². The summed E-state index contributed by atoms with van der Waals surface area (Å²) in [5, 5.41) is 0. The number of hydrogen-bond acceptors (Lipinski definition) is 2. The SMILES string of the molecule is Cc1ccc(C(=CC=Cc2ccc(C=Cc3ccc(N(c4ccc(C)cc4)c4ccc(C=Cc5ccc(C=Cc6ccc(N(c7ccc(C)cc7)c7ccc(C=Cc8ccc(C=CC=C(c9ccccc9)c9ccc(C)cc9)cc8)cc7)cc6)cc5)cc4)cc3)cc2)c2ccccc2)cc1. The molecule has 0 aliphatic rings. The highest BCUT2D eigenvalue weighted by Gasteiger charge is 2.15. The van der Waals surface area contributed by atoms with Crippen LogP contribution in [-0.4, -0.2) is 0 Å². The molecular formula is C98H80N2. The van der Waals surface area contributed by atoms with Gasteiger partial charge in [0.15, 0.2) is 0 Å². The van der Waals surface area contributed by atoms with Crippen molar-refractivity contribution in [3.8, 4) is 0 Å². The maximum atomic E-state index is 2.32. The van der Waals surface area contributed by atoms with E-state index < -0.39 is 0 Å². The molecule has 0 saturated carbocycles. The Labute approximate surface area is 591 Å². The molecule has 13 rings (SSSR count). The summed E-state index contributed by atoms with van der Waals surface area (Å²) in [7, 11) is 0. The molecule has 482 valence electrons. The van der Waals surface area contributed by atoms with E-state index in [4.69, 9.17) is 0 Å². The number of aryl methyl sites for hydroxylation is 4. The van der Waals surface area contributed by atoms with Crippen LogP contribution in [0.25, 0.3) is 71.9 Å². The van der Waals surface area contributed by atoms with Crippen molar-refractivity contribution in [2.24, 2.45) is 0 Å². The first kappa shape index (κ1) is 66.0. The molecule has 100 heavy (non-hydrogen) atoms. The minimum atomic E-state index is 1.09. The lowest BCUT2D eigenvalue weighted by Gasteiger charge is -2.26. The van der Waals surface area contributed by atoms with E-state index in [2.05, 4.69) is 450 Å². The van der Waals surface area contributed by atoms with Crippen LogP contribution in [-0.2, 0) is 0 Å². The lowest BCUT2D eigenvalue weighted by atomic mass is 9.96. The van der Waals surface area contributed by atoms with Gasteiger partial charge in [0.05, 0.1) is 0 Å². The smallest absolute Gasteiger partial charge is 0.0462 e. The van der Waals surface area contributed by atoms with Gasteiger partial charge in [-0.25, -0.2) is 0 Å². The molecule has 0 spiro atoms. The standard InChI is InChI=1S/C98H80N2/c1-73-21-57-89(58-22-73)97(87-15-7-5-8-16-87)19-11-13-77-29-33-79(34-30-77)41-45-83-49-65-93(66-50-83)99(91-61-25-75(3)26-62-91)95-69-53-85(54-70-95)47-43-81-37-39-82(40-38-81)44-48-86-55-71-96(72-56-86)100(92-63-27-76(4)28-64-92)94-67-51-84(52-68-94)46-42-80-35-31-78(32-36-80)14-12-20-98(88-17-9-6-10-18-88)90-59-23-74(2)24-60-90/h5-72H,1-4H3. The molecule has 13 aromatic carbocycles. The first-order valence-electron chi connectivity index (χ1n) is 34.3. The molecule has 0 radical (unpaired) electrons. The van der Waals surface area contributed by atoms with Crippen molar-refractivity contribution in [3.05, 3.63) is 452 Å². The van der Waals surface area contributed by atoms with Crippen LogP contribution in [0.15, 0.2) is 352 Å². The summed E-state index contributed by atoms with van der Waals surface area (Å²) in [6.07, 6.45) is 30.5. The molecule has 0 amide bonds. The number of rotatable bonds is 22. The Bertz CT molecular complexity index is 4720. The molecule has 0 bridgehead atoms. The average molecular weight is 1290 g/mol. The molecule has 2 nitrogen and oxygen atoms in total. The van der Waals surface area contributed by atoms with E-state index in [1.54, 1.807) is 0 Å². The maximum absolute atomic E-state index is 2.32. The third kappa shape index (κ3) is 17.7. The predicted octanol–water partition coefficient (Wildman–Crippen LogP) is 26.8. The Morgan fingerprint density at radius 2 is 0.350 bits per heavy atom. The molecule has 13 aromatic rings. The summed E-state index contributed by atoms with van der Waals surface area (Å²) in [6, 6.07) is 117. The number of benzene rings is 13. The summed E-state index contributed by atoms with van der Waals surface area (Å²) >= 11 is 0. The van der Waals surface area contributed by atoms with Crippen molar-refractivity contribution in [2.45, 2.75) is 27.7 Å². The fraction of sp³-hybridized carbons (Fsp3) is 0.0408. The van der Waals surface area contributed by atoms with E-state index in [9.17, 15) is 0 Å². The van der Waals surface area contributed by atoms with Gasteiger partial charge in [-0.05, 0) is 190 Å². The quantitative estimate of drug-likeness (QED) is 0.0493. The van der Waals surface area contributed by atoms with Gasteiger partial charge in [0.25, 0.3) is 0 Å². The van der Waals surface area contributed by atoms with Gasteiger partial charge in [-0.3, -0.25) is 0 Å². The molecule has 0 atom stereocenters. The molecule has 0 N–H and O–H groups in total. The Kier molecular flexibility index (Phi) is 21.4. The van der Waals surface area contributed by atoms with Crippen LogP contribution in [0.2, 0.25) is 0 Å². The van der Waals surface area contributed by atoms with E-state index in [0.29, 0.717) is 0 Å². The third-order valence-corrected chi connectivity index (χ3v) is 17.9. The zero-order valence-electron chi connectivity index (χ0n) is 57.2. The second-order valence-corrected chi connectivity index (χ2v) is 25.4. The van der Waals surface area contributed by atoms with Crippen molar-refractivity contribution in [3.63, 3.8) is 0 Å². The summed E-state index contributed by atoms with van der Waals surface area (Å²) in [4.78, 5) is 4.64. The third-order valence-electron chi connectivity index (χ3n) is 17.9. The zero-order valence-corrected chi connectivity index (χ0v) is 57.2. The molecule has 0 unspecified atom stereocenters. The Morgan fingerprint density at radius 1 is 0.180 bits per heavy atom. The predicted molar refractivity (Wildman–Crippen MR) is 434 cm³/mol. The van der Waals surface area contributed by atoms with Gasteiger partial charge < -0.3 is 9.80 Å². The molecule has 0 heterocycles. The number of nitrogens with zero attached hydrogens (tertiary/aromatic N) is 2. The lowest BCUT2D eigenvalue weighted by Crippen LogP contribution is -2.09. The van der Waals surface area contributed by atoms with Gasteiger partial charge >= 0.3 is 0 Å². The van der Waals surface area contributed by atoms with Crippen molar-refractivity contribution in [1.29, 1.82) is 0 Å². The van der Waals surface area contributed by atoms with Crippen LogP contribution in [0, 0.1) is 27.7 Å². The first-order valence-corrected chi connectivity index (χ1v) is 34.3. The van der Waals surface area contributed by atoms with Gasteiger partial charge in [-0.15, -0.1) is 0 Å². The highest BCUT2D eigenvalue weighted by molar-refractivity contribution is 5.85. The number of anilines is 6. The van der Waals surface area contributed by atoms with E-state index in [1.807, 2.05) is 0 Å². The molecule has 0 aromatic heterocycles. The van der Waals surface area contributed by atoms with Crippen molar-refractivity contribution in [1.82, 2.24) is 0 Å². The topological polar surface area (TPSA) is 6.48 Å². The van der Waals surface area contributed by atoms with Crippen LogP contribution < -0.4 is 9.80 Å². The van der Waals surface area contributed by atoms with Crippen LogP contribution >= 0.6 is 0 Å². The van der Waals surface area contributed by atoms with Crippen LogP contribution in [0.1, 0.15) is 100 Å². The molecular weight excluding hydrogens is 1210 g/mol. The lowest BCUT2D eigenvalue weighted by molar-refractivity contribution is 1.27. The van der Waals surface area contributed by atoms with Crippen molar-refractivity contribution >= 4 is 106 Å². The van der Waals surface area contributed by atoms with Gasteiger partial charge in [0.1, 0.15) is 0 Å². The van der Waals surface area contributed by atoms with E-state index in [1.165, 1.54) is 55.7 Å². The summed E-state index contributed by atoms with van der Waals surface area (Å²) in [6.45, 7) is 8.52. The largest absolute Gasteiger partial charge is 0.311 e. The average Bonchev–Trinajstić information content (AvgIpc) is 0.820. The Morgan fingerprint density at radius 3 is 0.570 bits per heavy atom. The fourth-order valence-electron chi connectivity index (χ4n) is 12.1. The van der Waals surface area contributed by atoms with Gasteiger partial charge in [0.2, 0.25) is 0 Å². The number of allylic oxidation sites excluding steroid dienone is 4. The molecule has 0 aliphatic heterocycles. The summed E-state index contributed by atoms with van der Waals surface area (Å²) in [5.74, 6) is 0. The highest BCUT2D eigenvalue weighted by Crippen LogP contribution is 2.38. The second kappa shape index (κ2) is 32.4. The summed E-state index contributed by atoms with van der Waals surface area (Å²) < 4.78 is 0. The molecule has 0 saturated heterocycles.